The average Bonchev–Trinajstić information content (AvgIpc) is 3.63. The Hall–Kier alpha value is -4.19. The zero-order valence-corrected chi connectivity index (χ0v) is 17.9. The Morgan fingerprint density at radius 1 is 0.909 bits per heavy atom. The minimum absolute atomic E-state index is 0.164. The Kier molecular flexibility index (Phi) is 6.64. The molecule has 1 saturated carbocycles. The quantitative estimate of drug-likeness (QED) is 0.278. The van der Waals surface area contributed by atoms with Crippen LogP contribution in [0.5, 0.6) is 0 Å². The van der Waals surface area contributed by atoms with Gasteiger partial charge in [-0.3, -0.25) is 9.59 Å². The van der Waals surface area contributed by atoms with Gasteiger partial charge in [0.2, 0.25) is 5.91 Å². The van der Waals surface area contributed by atoms with Gasteiger partial charge < -0.3 is 16.4 Å². The number of halogens is 1. The summed E-state index contributed by atoms with van der Waals surface area (Å²) in [5.74, 6) is -1.03. The van der Waals surface area contributed by atoms with E-state index in [4.69, 9.17) is 5.73 Å². The number of nitrogens with one attached hydrogen (secondary N) is 2. The summed E-state index contributed by atoms with van der Waals surface area (Å²) >= 11 is 0. The van der Waals surface area contributed by atoms with Gasteiger partial charge in [-0.15, -0.1) is 0 Å². The Bertz CT molecular complexity index is 1230. The maximum Gasteiger partial charge on any atom is 0.252 e. The van der Waals surface area contributed by atoms with Crippen molar-refractivity contribution >= 4 is 40.9 Å². The number of hydrogen-bond acceptors (Lipinski definition) is 3. The first-order valence-electron chi connectivity index (χ1n) is 10.7. The summed E-state index contributed by atoms with van der Waals surface area (Å²) in [6.07, 6.45) is 6.67. The Labute approximate surface area is 191 Å². The molecule has 5 nitrogen and oxygen atoms in total. The molecule has 0 aliphatic heterocycles. The maximum atomic E-state index is 14.4. The second kappa shape index (κ2) is 9.96. The SMILES string of the molecule is Nc1ccccc1NC(=O)C=Cc1ccc(C=C(C(=O)NC2CC2)c2ccccc2F)cc1. The van der Waals surface area contributed by atoms with E-state index in [1.165, 1.54) is 12.1 Å². The molecule has 0 spiro atoms. The predicted molar refractivity (Wildman–Crippen MR) is 130 cm³/mol. The highest BCUT2D eigenvalue weighted by Crippen LogP contribution is 2.25. The summed E-state index contributed by atoms with van der Waals surface area (Å²) in [4.78, 5) is 24.9. The molecule has 0 radical (unpaired) electrons. The van der Waals surface area contributed by atoms with Crippen LogP contribution >= 0.6 is 0 Å². The lowest BCUT2D eigenvalue weighted by Gasteiger charge is -2.10. The van der Waals surface area contributed by atoms with Crippen molar-refractivity contribution in [2.24, 2.45) is 0 Å². The molecule has 0 aromatic heterocycles. The third kappa shape index (κ3) is 5.95. The van der Waals surface area contributed by atoms with Gasteiger partial charge in [0, 0.05) is 17.7 Å². The van der Waals surface area contributed by atoms with Gasteiger partial charge in [0.1, 0.15) is 5.82 Å². The van der Waals surface area contributed by atoms with Crippen molar-refractivity contribution < 1.29 is 14.0 Å². The first-order chi connectivity index (χ1) is 16.0. The fraction of sp³-hybridized carbons (Fsp3) is 0.111. The van der Waals surface area contributed by atoms with Crippen molar-refractivity contribution in [1.82, 2.24) is 5.32 Å². The Morgan fingerprint density at radius 2 is 1.58 bits per heavy atom. The Balaban J connectivity index is 1.50. The molecule has 3 aromatic rings. The molecule has 3 aromatic carbocycles. The van der Waals surface area contributed by atoms with Crippen LogP contribution in [-0.2, 0) is 9.59 Å². The second-order valence-electron chi connectivity index (χ2n) is 7.86. The van der Waals surface area contributed by atoms with Crippen LogP contribution in [0.3, 0.4) is 0 Å². The number of nitrogen functional groups attached to an aromatic ring is 1. The minimum atomic E-state index is -0.445. The van der Waals surface area contributed by atoms with Crippen LogP contribution < -0.4 is 16.4 Å². The Morgan fingerprint density at radius 3 is 2.27 bits per heavy atom. The van der Waals surface area contributed by atoms with E-state index in [-0.39, 0.29) is 29.0 Å². The summed E-state index contributed by atoms with van der Waals surface area (Å²) in [5, 5.41) is 5.66. The number of benzene rings is 3. The molecule has 1 fully saturated rings. The number of nitrogens with two attached hydrogens (primary N) is 1. The number of carbonyl (C=O) groups excluding carboxylic acids is 2. The van der Waals surface area contributed by atoms with E-state index in [0.29, 0.717) is 11.4 Å². The van der Waals surface area contributed by atoms with Gasteiger partial charge in [-0.1, -0.05) is 54.6 Å². The van der Waals surface area contributed by atoms with Gasteiger partial charge in [-0.05, 0) is 54.3 Å². The van der Waals surface area contributed by atoms with Crippen LogP contribution in [0.25, 0.3) is 17.7 Å². The van der Waals surface area contributed by atoms with Crippen LogP contribution in [0.15, 0.2) is 78.9 Å². The molecule has 0 unspecified atom stereocenters. The highest BCUT2D eigenvalue weighted by Gasteiger charge is 2.26. The van der Waals surface area contributed by atoms with Gasteiger partial charge in [0.15, 0.2) is 0 Å². The summed E-state index contributed by atoms with van der Waals surface area (Å²) in [7, 11) is 0. The smallest absolute Gasteiger partial charge is 0.252 e. The van der Waals surface area contributed by atoms with Gasteiger partial charge in [0.05, 0.1) is 16.9 Å². The third-order valence-corrected chi connectivity index (χ3v) is 5.21. The van der Waals surface area contributed by atoms with Gasteiger partial charge in [-0.2, -0.15) is 0 Å². The van der Waals surface area contributed by atoms with Crippen molar-refractivity contribution in [1.29, 1.82) is 0 Å². The van der Waals surface area contributed by atoms with Crippen LogP contribution in [-0.4, -0.2) is 17.9 Å². The van der Waals surface area contributed by atoms with Crippen LogP contribution in [0.2, 0.25) is 0 Å². The van der Waals surface area contributed by atoms with E-state index in [1.54, 1.807) is 54.6 Å². The maximum absolute atomic E-state index is 14.4. The zero-order chi connectivity index (χ0) is 23.2. The first kappa shape index (κ1) is 22.0. The molecule has 4 rings (SSSR count). The lowest BCUT2D eigenvalue weighted by Crippen LogP contribution is -2.26. The average molecular weight is 442 g/mol. The second-order valence-corrected chi connectivity index (χ2v) is 7.86. The van der Waals surface area contributed by atoms with Crippen LogP contribution in [0, 0.1) is 5.82 Å². The van der Waals surface area contributed by atoms with E-state index in [0.717, 1.165) is 24.0 Å². The van der Waals surface area contributed by atoms with E-state index in [1.807, 2.05) is 24.3 Å². The molecule has 4 N–H and O–H groups in total. The molecule has 1 aliphatic rings. The monoisotopic (exact) mass is 441 g/mol. The number of amides is 2. The van der Waals surface area contributed by atoms with E-state index in [9.17, 15) is 14.0 Å². The van der Waals surface area contributed by atoms with Crippen molar-refractivity contribution in [2.45, 2.75) is 18.9 Å². The third-order valence-electron chi connectivity index (χ3n) is 5.21. The highest BCUT2D eigenvalue weighted by atomic mass is 19.1. The number of anilines is 2. The van der Waals surface area contributed by atoms with Crippen molar-refractivity contribution in [3.05, 3.63) is 101 Å². The number of hydrogen-bond donors (Lipinski definition) is 3. The largest absolute Gasteiger partial charge is 0.397 e. The number of para-hydroxylation sites is 2. The molecule has 6 heteroatoms. The van der Waals surface area contributed by atoms with E-state index in [2.05, 4.69) is 10.6 Å². The van der Waals surface area contributed by atoms with Crippen molar-refractivity contribution in [2.75, 3.05) is 11.1 Å². The molecule has 0 atom stereocenters. The lowest BCUT2D eigenvalue weighted by molar-refractivity contribution is -0.115. The molecule has 0 heterocycles. The summed E-state index contributed by atoms with van der Waals surface area (Å²) in [6, 6.07) is 20.7. The fourth-order valence-electron chi connectivity index (χ4n) is 3.26. The lowest BCUT2D eigenvalue weighted by atomic mass is 10.0. The molecular formula is C27H24FN3O2. The predicted octanol–water partition coefficient (Wildman–Crippen LogP) is 4.88. The number of carbonyl (C=O) groups is 2. The molecule has 0 saturated heterocycles. The molecule has 2 amide bonds. The van der Waals surface area contributed by atoms with E-state index >= 15 is 0 Å². The van der Waals surface area contributed by atoms with Crippen molar-refractivity contribution in [3.8, 4) is 0 Å². The van der Waals surface area contributed by atoms with Gasteiger partial charge >= 0.3 is 0 Å². The number of rotatable bonds is 7. The molecule has 0 bridgehead atoms. The van der Waals surface area contributed by atoms with Crippen LogP contribution in [0.1, 0.15) is 29.5 Å². The molecule has 1 aliphatic carbocycles. The highest BCUT2D eigenvalue weighted by molar-refractivity contribution is 6.24. The fourth-order valence-corrected chi connectivity index (χ4v) is 3.26. The van der Waals surface area contributed by atoms with Gasteiger partial charge in [0.25, 0.3) is 5.91 Å². The molecular weight excluding hydrogens is 417 g/mol. The normalized spacial score (nSPS) is 13.7. The zero-order valence-electron chi connectivity index (χ0n) is 17.9. The molecule has 33 heavy (non-hydrogen) atoms. The molecule has 166 valence electrons. The first-order valence-corrected chi connectivity index (χ1v) is 10.7. The summed E-state index contributed by atoms with van der Waals surface area (Å²) in [5.41, 5.74) is 8.98. The van der Waals surface area contributed by atoms with Gasteiger partial charge in [-0.25, -0.2) is 4.39 Å². The summed E-state index contributed by atoms with van der Waals surface area (Å²) < 4.78 is 14.4. The standard InChI is InChI=1S/C27H24FN3O2/c28-23-6-2-1-5-21(23)22(27(33)30-20-14-15-20)17-19-11-9-18(10-12-19)13-16-26(32)31-25-8-4-3-7-24(25)29/h1-13,16-17,20H,14-15,29H2,(H,30,33)(H,31,32). The van der Waals surface area contributed by atoms with Crippen LogP contribution in [0.4, 0.5) is 15.8 Å². The topological polar surface area (TPSA) is 84.2 Å². The summed E-state index contributed by atoms with van der Waals surface area (Å²) in [6.45, 7) is 0. The minimum Gasteiger partial charge on any atom is -0.397 e. The van der Waals surface area contributed by atoms with E-state index < -0.39 is 5.82 Å². The van der Waals surface area contributed by atoms with Crippen molar-refractivity contribution in [3.63, 3.8) is 0 Å².